The Hall–Kier alpha value is -2.51. The van der Waals surface area contributed by atoms with Crippen molar-refractivity contribution < 1.29 is 19.0 Å². The molecule has 3 aliphatic rings. The molecule has 0 unspecified atom stereocenters. The fourth-order valence-corrected chi connectivity index (χ4v) is 5.51. The number of amides is 1. The zero-order valence-corrected chi connectivity index (χ0v) is 19.1. The molecule has 1 amide bonds. The Morgan fingerprint density at radius 1 is 1.32 bits per heavy atom. The van der Waals surface area contributed by atoms with E-state index in [0.29, 0.717) is 12.1 Å². The SMILES string of the molecule is COc1cc(Br)c2c3c1O[C@H]1C[C@@H](OC(=O)Nc4ccccc4)C=C[C@@]31CCN(C)C2. The molecule has 0 aromatic heterocycles. The number of carbonyl (C=O) groups excluding carboxylic acids is 1. The van der Waals surface area contributed by atoms with Gasteiger partial charge >= 0.3 is 6.09 Å². The molecule has 2 aromatic rings. The molecule has 0 saturated heterocycles. The molecule has 0 bridgehead atoms. The summed E-state index contributed by atoms with van der Waals surface area (Å²) in [6.45, 7) is 1.80. The number of rotatable bonds is 3. The smallest absolute Gasteiger partial charge is 0.412 e. The standard InChI is InChI=1S/C24H25BrN2O4/c1-27-11-10-24-9-8-16(30-23(28)26-15-6-4-3-5-7-15)12-20(24)31-22-19(29-2)13-18(25)17(14-27)21(22)24/h3-9,13,16,20H,10-12,14H2,1-2H3,(H,26,28)/t16-,20-,24-/m0/s1. The number of hydrogen-bond acceptors (Lipinski definition) is 5. The van der Waals surface area contributed by atoms with E-state index in [-0.39, 0.29) is 17.6 Å². The van der Waals surface area contributed by atoms with Crippen LogP contribution in [0.15, 0.2) is 53.0 Å². The van der Waals surface area contributed by atoms with Crippen LogP contribution in [0.4, 0.5) is 10.5 Å². The monoisotopic (exact) mass is 484 g/mol. The lowest BCUT2D eigenvalue weighted by Crippen LogP contribution is -2.44. The second-order valence-corrected chi connectivity index (χ2v) is 9.26. The predicted molar refractivity (Wildman–Crippen MR) is 122 cm³/mol. The lowest BCUT2D eigenvalue weighted by Gasteiger charge is -2.36. The van der Waals surface area contributed by atoms with Crippen molar-refractivity contribution in [2.24, 2.45) is 0 Å². The van der Waals surface area contributed by atoms with Crippen molar-refractivity contribution in [3.8, 4) is 11.5 Å². The Kier molecular flexibility index (Phi) is 5.18. The summed E-state index contributed by atoms with van der Waals surface area (Å²) >= 11 is 3.75. The van der Waals surface area contributed by atoms with Gasteiger partial charge in [-0.3, -0.25) is 5.32 Å². The number of hydrogen-bond donors (Lipinski definition) is 1. The van der Waals surface area contributed by atoms with Crippen LogP contribution in [0.3, 0.4) is 0 Å². The van der Waals surface area contributed by atoms with E-state index in [9.17, 15) is 4.79 Å². The van der Waals surface area contributed by atoms with Gasteiger partial charge in [-0.15, -0.1) is 0 Å². The van der Waals surface area contributed by atoms with Gasteiger partial charge in [0.05, 0.1) is 12.5 Å². The lowest BCUT2D eigenvalue weighted by atomic mass is 9.69. The highest BCUT2D eigenvalue weighted by molar-refractivity contribution is 9.10. The molecule has 31 heavy (non-hydrogen) atoms. The summed E-state index contributed by atoms with van der Waals surface area (Å²) in [5.41, 5.74) is 2.90. The van der Waals surface area contributed by atoms with Gasteiger partial charge in [-0.2, -0.15) is 0 Å². The maximum atomic E-state index is 12.4. The van der Waals surface area contributed by atoms with E-state index in [1.165, 1.54) is 11.1 Å². The van der Waals surface area contributed by atoms with Gasteiger partial charge in [-0.25, -0.2) is 4.79 Å². The molecule has 6 nitrogen and oxygen atoms in total. The third-order valence-corrected chi connectivity index (χ3v) is 7.19. The molecule has 2 heterocycles. The number of para-hydroxylation sites is 1. The van der Waals surface area contributed by atoms with Gasteiger partial charge in [-0.1, -0.05) is 40.2 Å². The van der Waals surface area contributed by atoms with Gasteiger partial charge in [0.2, 0.25) is 0 Å². The van der Waals surface area contributed by atoms with Crippen LogP contribution in [0.2, 0.25) is 0 Å². The van der Waals surface area contributed by atoms with E-state index in [4.69, 9.17) is 14.2 Å². The first-order chi connectivity index (χ1) is 15.0. The van der Waals surface area contributed by atoms with Gasteiger partial charge < -0.3 is 19.1 Å². The van der Waals surface area contributed by atoms with Crippen molar-refractivity contribution in [2.75, 3.05) is 26.0 Å². The molecule has 1 spiro atoms. The zero-order valence-electron chi connectivity index (χ0n) is 17.6. The summed E-state index contributed by atoms with van der Waals surface area (Å²) in [5, 5.41) is 2.78. The number of carbonyl (C=O) groups is 1. The highest BCUT2D eigenvalue weighted by atomic mass is 79.9. The van der Waals surface area contributed by atoms with E-state index >= 15 is 0 Å². The third-order valence-electron chi connectivity index (χ3n) is 6.49. The summed E-state index contributed by atoms with van der Waals surface area (Å²) in [4.78, 5) is 14.7. The molecule has 2 aromatic carbocycles. The van der Waals surface area contributed by atoms with Crippen molar-refractivity contribution in [2.45, 2.75) is 37.0 Å². The lowest BCUT2D eigenvalue weighted by molar-refractivity contribution is 0.0667. The number of ether oxygens (including phenoxy) is 3. The van der Waals surface area contributed by atoms with Crippen LogP contribution in [0.5, 0.6) is 11.5 Å². The van der Waals surface area contributed by atoms with Crippen LogP contribution in [-0.2, 0) is 16.7 Å². The highest BCUT2D eigenvalue weighted by Crippen LogP contribution is 2.57. The quantitative estimate of drug-likeness (QED) is 0.629. The Balaban J connectivity index is 1.44. The fourth-order valence-electron chi connectivity index (χ4n) is 4.98. The molecule has 1 N–H and O–H groups in total. The average Bonchev–Trinajstić information content (AvgIpc) is 3.01. The van der Waals surface area contributed by atoms with Crippen LogP contribution in [0.1, 0.15) is 24.0 Å². The topological polar surface area (TPSA) is 60.0 Å². The first kappa shape index (κ1) is 20.4. The number of nitrogens with zero attached hydrogens (tertiary/aromatic N) is 1. The van der Waals surface area contributed by atoms with E-state index in [1.54, 1.807) is 7.11 Å². The summed E-state index contributed by atoms with van der Waals surface area (Å²) in [6, 6.07) is 11.3. The van der Waals surface area contributed by atoms with Gasteiger partial charge in [0.25, 0.3) is 0 Å². The van der Waals surface area contributed by atoms with Gasteiger partial charge in [0.15, 0.2) is 11.5 Å². The van der Waals surface area contributed by atoms with Gasteiger partial charge in [0, 0.05) is 28.7 Å². The Bertz CT molecular complexity index is 1040. The molecule has 0 radical (unpaired) electrons. The molecular weight excluding hydrogens is 460 g/mol. The van der Waals surface area contributed by atoms with E-state index in [1.807, 2.05) is 42.5 Å². The summed E-state index contributed by atoms with van der Waals surface area (Å²) in [7, 11) is 3.81. The summed E-state index contributed by atoms with van der Waals surface area (Å²) in [6.07, 6.45) is 4.81. The third kappa shape index (κ3) is 3.49. The minimum Gasteiger partial charge on any atom is -0.493 e. The zero-order chi connectivity index (χ0) is 21.6. The minimum absolute atomic E-state index is 0.115. The number of benzene rings is 2. The minimum atomic E-state index is -0.464. The van der Waals surface area contributed by atoms with Crippen molar-refractivity contribution >= 4 is 27.7 Å². The molecule has 2 aliphatic heterocycles. The molecular formula is C24H25BrN2O4. The summed E-state index contributed by atoms with van der Waals surface area (Å²) in [5.74, 6) is 1.55. The van der Waals surface area contributed by atoms with Crippen molar-refractivity contribution in [1.82, 2.24) is 4.90 Å². The molecule has 162 valence electrons. The fraction of sp³-hybridized carbons (Fsp3) is 0.375. The number of methoxy groups -OCH3 is 1. The molecule has 7 heteroatoms. The number of halogens is 1. The van der Waals surface area contributed by atoms with Gasteiger partial charge in [-0.05, 0) is 49.9 Å². The van der Waals surface area contributed by atoms with Crippen LogP contribution < -0.4 is 14.8 Å². The van der Waals surface area contributed by atoms with Crippen LogP contribution in [-0.4, -0.2) is 43.9 Å². The maximum absolute atomic E-state index is 12.4. The molecule has 0 saturated carbocycles. The predicted octanol–water partition coefficient (Wildman–Crippen LogP) is 4.87. The highest BCUT2D eigenvalue weighted by Gasteiger charge is 2.53. The van der Waals surface area contributed by atoms with E-state index in [2.05, 4.69) is 39.3 Å². The molecule has 5 rings (SSSR count). The Labute approximate surface area is 190 Å². The normalized spacial score (nSPS) is 26.3. The van der Waals surface area contributed by atoms with Crippen molar-refractivity contribution in [3.63, 3.8) is 0 Å². The molecule has 3 atom stereocenters. The number of nitrogens with one attached hydrogen (secondary N) is 1. The second kappa shape index (κ2) is 7.88. The number of anilines is 1. The Morgan fingerprint density at radius 2 is 2.13 bits per heavy atom. The van der Waals surface area contributed by atoms with Crippen LogP contribution in [0, 0.1) is 0 Å². The largest absolute Gasteiger partial charge is 0.493 e. The first-order valence-electron chi connectivity index (χ1n) is 10.5. The first-order valence-corrected chi connectivity index (χ1v) is 11.3. The maximum Gasteiger partial charge on any atom is 0.412 e. The average molecular weight is 485 g/mol. The van der Waals surface area contributed by atoms with Gasteiger partial charge in [0.1, 0.15) is 12.2 Å². The second-order valence-electron chi connectivity index (χ2n) is 8.41. The van der Waals surface area contributed by atoms with Crippen LogP contribution in [0.25, 0.3) is 0 Å². The van der Waals surface area contributed by atoms with Crippen molar-refractivity contribution in [3.05, 3.63) is 64.1 Å². The Morgan fingerprint density at radius 3 is 2.90 bits per heavy atom. The van der Waals surface area contributed by atoms with E-state index < -0.39 is 6.09 Å². The molecule has 0 fully saturated rings. The van der Waals surface area contributed by atoms with E-state index in [0.717, 1.165) is 35.5 Å². The van der Waals surface area contributed by atoms with Crippen LogP contribution >= 0.6 is 15.9 Å². The molecule has 1 aliphatic carbocycles. The summed E-state index contributed by atoms with van der Waals surface area (Å²) < 4.78 is 18.9. The van der Waals surface area contributed by atoms with Crippen molar-refractivity contribution in [1.29, 1.82) is 0 Å².